The summed E-state index contributed by atoms with van der Waals surface area (Å²) >= 11 is 0. The molecule has 1 saturated carbocycles. The molecule has 1 aliphatic carbocycles. The van der Waals surface area contributed by atoms with Crippen molar-refractivity contribution < 1.29 is 0 Å². The Labute approximate surface area is 130 Å². The number of nitrogens with one attached hydrogen (secondary N) is 1. The lowest BCUT2D eigenvalue weighted by Gasteiger charge is -2.34. The summed E-state index contributed by atoms with van der Waals surface area (Å²) in [6.07, 6.45) is 12.1. The minimum absolute atomic E-state index is 0.650. The molecule has 21 heavy (non-hydrogen) atoms. The number of nitrogens with zero attached hydrogens (tertiary/aromatic N) is 2. The molecule has 1 atom stereocenters. The minimum atomic E-state index is 0.650. The average Bonchev–Trinajstić information content (AvgIpc) is 2.53. The monoisotopic (exact) mass is 289 g/mol. The predicted octanol–water partition coefficient (Wildman–Crippen LogP) is 3.46. The standard InChI is InChI=1S/C18H31N3/c1-3-11-20-18(17-7-5-4-6-8-17)15-21(2)14-16-9-12-19-13-10-16/h9-10,12-13,17-18,20H,3-8,11,14-15H2,1-2H3. The van der Waals surface area contributed by atoms with Gasteiger partial charge in [-0.2, -0.15) is 0 Å². The smallest absolute Gasteiger partial charge is 0.0271 e. The molecular formula is C18H31N3. The van der Waals surface area contributed by atoms with Crippen LogP contribution in [0, 0.1) is 5.92 Å². The molecule has 1 fully saturated rings. The van der Waals surface area contributed by atoms with Crippen LogP contribution in [0.4, 0.5) is 0 Å². The van der Waals surface area contributed by atoms with Gasteiger partial charge in [0, 0.05) is 31.5 Å². The van der Waals surface area contributed by atoms with E-state index in [4.69, 9.17) is 0 Å². The minimum Gasteiger partial charge on any atom is -0.312 e. The molecule has 1 aliphatic rings. The second-order valence-electron chi connectivity index (χ2n) is 6.51. The SMILES string of the molecule is CCCNC(CN(C)Cc1ccncc1)C1CCCCC1. The van der Waals surface area contributed by atoms with Gasteiger partial charge in [0.15, 0.2) is 0 Å². The van der Waals surface area contributed by atoms with E-state index in [2.05, 4.69) is 41.3 Å². The van der Waals surface area contributed by atoms with Gasteiger partial charge in [-0.05, 0) is 56.5 Å². The van der Waals surface area contributed by atoms with E-state index in [1.165, 1.54) is 44.1 Å². The maximum Gasteiger partial charge on any atom is 0.0271 e. The Hall–Kier alpha value is -0.930. The van der Waals surface area contributed by atoms with Crippen molar-refractivity contribution in [2.24, 2.45) is 5.92 Å². The maximum absolute atomic E-state index is 4.10. The van der Waals surface area contributed by atoms with E-state index < -0.39 is 0 Å². The molecule has 0 bridgehead atoms. The molecule has 0 spiro atoms. The molecular weight excluding hydrogens is 258 g/mol. The summed E-state index contributed by atoms with van der Waals surface area (Å²) in [5, 5.41) is 3.80. The maximum atomic E-state index is 4.10. The Balaban J connectivity index is 1.87. The molecule has 0 saturated heterocycles. The molecule has 0 amide bonds. The van der Waals surface area contributed by atoms with Gasteiger partial charge in [-0.25, -0.2) is 0 Å². The first kappa shape index (κ1) is 16.4. The molecule has 2 rings (SSSR count). The Morgan fingerprint density at radius 2 is 1.95 bits per heavy atom. The van der Waals surface area contributed by atoms with Crippen molar-refractivity contribution in [1.29, 1.82) is 0 Å². The van der Waals surface area contributed by atoms with Gasteiger partial charge in [-0.1, -0.05) is 26.2 Å². The van der Waals surface area contributed by atoms with Gasteiger partial charge in [0.25, 0.3) is 0 Å². The number of rotatable bonds is 8. The van der Waals surface area contributed by atoms with E-state index in [9.17, 15) is 0 Å². The van der Waals surface area contributed by atoms with Crippen molar-refractivity contribution in [3.8, 4) is 0 Å². The van der Waals surface area contributed by atoms with Crippen LogP contribution >= 0.6 is 0 Å². The highest BCUT2D eigenvalue weighted by Gasteiger charge is 2.24. The quantitative estimate of drug-likeness (QED) is 0.794. The van der Waals surface area contributed by atoms with E-state index in [0.29, 0.717) is 6.04 Å². The summed E-state index contributed by atoms with van der Waals surface area (Å²) in [7, 11) is 2.24. The van der Waals surface area contributed by atoms with Crippen LogP contribution in [-0.2, 0) is 6.54 Å². The highest BCUT2D eigenvalue weighted by Crippen LogP contribution is 2.27. The van der Waals surface area contributed by atoms with Crippen molar-refractivity contribution >= 4 is 0 Å². The molecule has 3 heteroatoms. The molecule has 1 heterocycles. The largest absolute Gasteiger partial charge is 0.312 e. The first-order valence-corrected chi connectivity index (χ1v) is 8.60. The third kappa shape index (κ3) is 5.76. The lowest BCUT2D eigenvalue weighted by molar-refractivity contribution is 0.201. The van der Waals surface area contributed by atoms with Crippen LogP contribution in [-0.4, -0.2) is 36.1 Å². The van der Waals surface area contributed by atoms with E-state index in [1.807, 2.05) is 12.4 Å². The predicted molar refractivity (Wildman–Crippen MR) is 89.2 cm³/mol. The molecule has 3 nitrogen and oxygen atoms in total. The molecule has 1 aromatic rings. The number of aromatic nitrogens is 1. The van der Waals surface area contributed by atoms with Crippen LogP contribution in [0.5, 0.6) is 0 Å². The number of pyridine rings is 1. The zero-order valence-corrected chi connectivity index (χ0v) is 13.7. The highest BCUT2D eigenvalue weighted by atomic mass is 15.1. The van der Waals surface area contributed by atoms with E-state index in [-0.39, 0.29) is 0 Å². The van der Waals surface area contributed by atoms with Gasteiger partial charge < -0.3 is 10.2 Å². The second kappa shape index (κ2) is 9.16. The molecule has 0 aromatic carbocycles. The van der Waals surface area contributed by atoms with Crippen molar-refractivity contribution in [1.82, 2.24) is 15.2 Å². The van der Waals surface area contributed by atoms with Crippen LogP contribution in [0.1, 0.15) is 51.0 Å². The Kier molecular flexibility index (Phi) is 7.17. The normalized spacial score (nSPS) is 18.0. The number of likely N-dealkylation sites (N-methyl/N-ethyl adjacent to an activating group) is 1. The fraction of sp³-hybridized carbons (Fsp3) is 0.722. The van der Waals surface area contributed by atoms with E-state index in [1.54, 1.807) is 0 Å². The van der Waals surface area contributed by atoms with Crippen LogP contribution < -0.4 is 5.32 Å². The van der Waals surface area contributed by atoms with Gasteiger partial charge in [0.2, 0.25) is 0 Å². The Morgan fingerprint density at radius 3 is 2.62 bits per heavy atom. The summed E-state index contributed by atoms with van der Waals surface area (Å²) in [6.45, 7) is 5.56. The zero-order valence-electron chi connectivity index (χ0n) is 13.7. The van der Waals surface area contributed by atoms with Crippen molar-refractivity contribution in [3.05, 3.63) is 30.1 Å². The van der Waals surface area contributed by atoms with E-state index >= 15 is 0 Å². The first-order chi connectivity index (χ1) is 10.3. The van der Waals surface area contributed by atoms with Gasteiger partial charge in [-0.15, -0.1) is 0 Å². The highest BCUT2D eigenvalue weighted by molar-refractivity contribution is 5.09. The topological polar surface area (TPSA) is 28.2 Å². The summed E-state index contributed by atoms with van der Waals surface area (Å²) < 4.78 is 0. The van der Waals surface area contributed by atoms with Crippen molar-refractivity contribution in [2.75, 3.05) is 20.1 Å². The second-order valence-corrected chi connectivity index (χ2v) is 6.51. The number of hydrogen-bond donors (Lipinski definition) is 1. The van der Waals surface area contributed by atoms with Crippen molar-refractivity contribution in [2.45, 2.75) is 58.0 Å². The zero-order chi connectivity index (χ0) is 14.9. The van der Waals surface area contributed by atoms with Crippen LogP contribution in [0.2, 0.25) is 0 Å². The summed E-state index contributed by atoms with van der Waals surface area (Å²) in [4.78, 5) is 6.55. The molecule has 1 N–H and O–H groups in total. The molecule has 0 aliphatic heterocycles. The van der Waals surface area contributed by atoms with Gasteiger partial charge >= 0.3 is 0 Å². The number of hydrogen-bond acceptors (Lipinski definition) is 3. The summed E-state index contributed by atoms with van der Waals surface area (Å²) in [6, 6.07) is 4.88. The third-order valence-corrected chi connectivity index (χ3v) is 4.59. The molecule has 118 valence electrons. The Bertz CT molecular complexity index is 373. The third-order valence-electron chi connectivity index (χ3n) is 4.59. The summed E-state index contributed by atoms with van der Waals surface area (Å²) in [5.41, 5.74) is 1.35. The average molecular weight is 289 g/mol. The fourth-order valence-electron chi connectivity index (χ4n) is 3.45. The van der Waals surface area contributed by atoms with Crippen LogP contribution in [0.15, 0.2) is 24.5 Å². The van der Waals surface area contributed by atoms with Gasteiger partial charge in [0.1, 0.15) is 0 Å². The van der Waals surface area contributed by atoms with Gasteiger partial charge in [0.05, 0.1) is 0 Å². The lowest BCUT2D eigenvalue weighted by atomic mass is 9.83. The lowest BCUT2D eigenvalue weighted by Crippen LogP contribution is -2.45. The molecule has 1 unspecified atom stereocenters. The molecule has 1 aromatic heterocycles. The summed E-state index contributed by atoms with van der Waals surface area (Å²) in [5.74, 6) is 0.866. The van der Waals surface area contributed by atoms with Crippen molar-refractivity contribution in [3.63, 3.8) is 0 Å². The van der Waals surface area contributed by atoms with E-state index in [0.717, 1.165) is 25.6 Å². The van der Waals surface area contributed by atoms with Crippen LogP contribution in [0.25, 0.3) is 0 Å². The van der Waals surface area contributed by atoms with Crippen LogP contribution in [0.3, 0.4) is 0 Å². The Morgan fingerprint density at radius 1 is 1.24 bits per heavy atom. The fourth-order valence-corrected chi connectivity index (χ4v) is 3.45. The first-order valence-electron chi connectivity index (χ1n) is 8.60. The van der Waals surface area contributed by atoms with Gasteiger partial charge in [-0.3, -0.25) is 4.98 Å². The molecule has 0 radical (unpaired) electrons.